The summed E-state index contributed by atoms with van der Waals surface area (Å²) in [4.78, 5) is 37.9. The van der Waals surface area contributed by atoms with E-state index in [1.54, 1.807) is 51.3 Å². The normalized spacial score (nSPS) is 13.9. The fraction of sp³-hybridized carbons (Fsp3) is 0.263. The first kappa shape index (κ1) is 34.0. The Hall–Kier alpha value is -5.32. The van der Waals surface area contributed by atoms with Gasteiger partial charge >= 0.3 is 0 Å². The predicted molar refractivity (Wildman–Crippen MR) is 188 cm³/mol. The molecule has 0 spiro atoms. The highest BCUT2D eigenvalue weighted by molar-refractivity contribution is 5.99. The monoisotopic (exact) mass is 646 g/mol. The van der Waals surface area contributed by atoms with Gasteiger partial charge in [-0.2, -0.15) is 0 Å². The van der Waals surface area contributed by atoms with Crippen molar-refractivity contribution in [3.63, 3.8) is 0 Å². The average Bonchev–Trinajstić information content (AvgIpc) is 3.86. The summed E-state index contributed by atoms with van der Waals surface area (Å²) in [6.07, 6.45) is 6.58. The molecule has 0 aliphatic heterocycles. The standard InChI is InChI=1S/2C19H21N3O2/c2*1-12(2)19(24,17-10-21-11-22-17)16-7-6-13-8-15(18(23)20-3)5-4-14(13)9-16/h2*4-12,24H,1-3H3,(H,20,23)(H,21,22). The molecule has 2 heterocycles. The number of aliphatic hydroxyl groups is 2. The van der Waals surface area contributed by atoms with Crippen molar-refractivity contribution in [1.29, 1.82) is 0 Å². The van der Waals surface area contributed by atoms with E-state index < -0.39 is 11.2 Å². The number of H-pyrrole nitrogens is 2. The number of carbonyl (C=O) groups is 2. The summed E-state index contributed by atoms with van der Waals surface area (Å²) in [5.41, 5.74) is 1.64. The fourth-order valence-electron chi connectivity index (χ4n) is 6.03. The van der Waals surface area contributed by atoms with Gasteiger partial charge in [0, 0.05) is 37.6 Å². The Morgan fingerprint density at radius 1 is 0.604 bits per heavy atom. The van der Waals surface area contributed by atoms with Gasteiger partial charge in [-0.1, -0.05) is 64.1 Å². The third kappa shape index (κ3) is 6.32. The number of amides is 2. The molecule has 248 valence electrons. The number of fused-ring (bicyclic) bond motifs is 2. The lowest BCUT2D eigenvalue weighted by Crippen LogP contribution is -2.33. The fourth-order valence-corrected chi connectivity index (χ4v) is 6.03. The summed E-state index contributed by atoms with van der Waals surface area (Å²) in [5.74, 6) is -0.334. The van der Waals surface area contributed by atoms with Gasteiger partial charge in [0.05, 0.1) is 24.0 Å². The molecule has 2 unspecified atom stereocenters. The van der Waals surface area contributed by atoms with Crippen molar-refractivity contribution in [2.75, 3.05) is 14.1 Å². The van der Waals surface area contributed by atoms with Crippen LogP contribution in [0.2, 0.25) is 0 Å². The van der Waals surface area contributed by atoms with E-state index in [1.165, 1.54) is 0 Å². The van der Waals surface area contributed by atoms with Crippen molar-refractivity contribution in [2.24, 2.45) is 11.8 Å². The molecule has 2 amide bonds. The summed E-state index contributed by atoms with van der Waals surface area (Å²) in [6.45, 7) is 7.86. The molecule has 10 nitrogen and oxygen atoms in total. The Morgan fingerprint density at radius 3 is 1.27 bits per heavy atom. The van der Waals surface area contributed by atoms with Crippen molar-refractivity contribution >= 4 is 33.4 Å². The topological polar surface area (TPSA) is 156 Å². The molecule has 0 aliphatic carbocycles. The molecule has 4 aromatic carbocycles. The van der Waals surface area contributed by atoms with Gasteiger partial charge in [-0.05, 0) is 80.9 Å². The molecule has 6 N–H and O–H groups in total. The molecule has 10 heteroatoms. The molecule has 0 saturated carbocycles. The second-order valence-electron chi connectivity index (χ2n) is 12.5. The quantitative estimate of drug-likeness (QED) is 0.126. The van der Waals surface area contributed by atoms with Crippen molar-refractivity contribution in [2.45, 2.75) is 38.9 Å². The Morgan fingerprint density at radius 2 is 0.958 bits per heavy atom. The maximum Gasteiger partial charge on any atom is 0.251 e. The molecule has 2 aromatic heterocycles. The number of rotatable bonds is 8. The van der Waals surface area contributed by atoms with Crippen LogP contribution in [0.15, 0.2) is 97.8 Å². The lowest BCUT2D eigenvalue weighted by molar-refractivity contribution is 0.0279. The lowest BCUT2D eigenvalue weighted by atomic mass is 9.80. The van der Waals surface area contributed by atoms with Crippen molar-refractivity contribution in [3.8, 4) is 0 Å². The zero-order valence-electron chi connectivity index (χ0n) is 28.0. The minimum absolute atomic E-state index is 0.0524. The number of nitrogens with zero attached hydrogens (tertiary/aromatic N) is 2. The van der Waals surface area contributed by atoms with Crippen molar-refractivity contribution < 1.29 is 19.8 Å². The molecule has 48 heavy (non-hydrogen) atoms. The van der Waals surface area contributed by atoms with Crippen LogP contribution in [0, 0.1) is 11.8 Å². The van der Waals surface area contributed by atoms with E-state index in [4.69, 9.17) is 0 Å². The van der Waals surface area contributed by atoms with Gasteiger partial charge < -0.3 is 30.8 Å². The highest BCUT2D eigenvalue weighted by Crippen LogP contribution is 2.38. The minimum Gasteiger partial charge on any atom is -0.378 e. The van der Waals surface area contributed by atoms with Crippen molar-refractivity contribution in [3.05, 3.63) is 131 Å². The largest absolute Gasteiger partial charge is 0.378 e. The number of hydrogen-bond acceptors (Lipinski definition) is 6. The molecule has 6 rings (SSSR count). The highest BCUT2D eigenvalue weighted by atomic mass is 16.3. The van der Waals surface area contributed by atoms with Gasteiger partial charge in [-0.3, -0.25) is 9.59 Å². The van der Waals surface area contributed by atoms with Crippen molar-refractivity contribution in [1.82, 2.24) is 30.6 Å². The summed E-state index contributed by atoms with van der Waals surface area (Å²) >= 11 is 0. The number of carbonyl (C=O) groups excluding carboxylic acids is 2. The van der Waals surface area contributed by atoms with Crippen LogP contribution in [0.25, 0.3) is 21.5 Å². The number of imidazole rings is 2. The van der Waals surface area contributed by atoms with Crippen LogP contribution < -0.4 is 10.6 Å². The number of benzene rings is 4. The molecule has 0 radical (unpaired) electrons. The van der Waals surface area contributed by atoms with Gasteiger partial charge in [-0.15, -0.1) is 0 Å². The number of nitrogens with one attached hydrogen (secondary N) is 4. The van der Waals surface area contributed by atoms with Crippen LogP contribution in [0.3, 0.4) is 0 Å². The number of aromatic nitrogens is 4. The summed E-state index contributed by atoms with van der Waals surface area (Å²) in [5, 5.41) is 31.7. The van der Waals surface area contributed by atoms with Crippen LogP contribution in [-0.4, -0.2) is 56.1 Å². The van der Waals surface area contributed by atoms with E-state index in [2.05, 4.69) is 30.6 Å². The molecule has 6 aromatic rings. The predicted octanol–water partition coefficient (Wildman–Crippen LogP) is 5.63. The smallest absolute Gasteiger partial charge is 0.251 e. The molecule has 0 saturated heterocycles. The second-order valence-corrected chi connectivity index (χ2v) is 12.5. The minimum atomic E-state index is -1.17. The summed E-state index contributed by atoms with van der Waals surface area (Å²) < 4.78 is 0. The van der Waals surface area contributed by atoms with Gasteiger partial charge in [0.25, 0.3) is 11.8 Å². The zero-order valence-corrected chi connectivity index (χ0v) is 28.0. The highest BCUT2D eigenvalue weighted by Gasteiger charge is 2.38. The number of aromatic amines is 2. The number of hydrogen-bond donors (Lipinski definition) is 6. The maximum atomic E-state index is 11.8. The van der Waals surface area contributed by atoms with E-state index in [0.717, 1.165) is 32.7 Å². The van der Waals surface area contributed by atoms with E-state index in [0.29, 0.717) is 22.5 Å². The summed E-state index contributed by atoms with van der Waals surface area (Å²) in [6, 6.07) is 22.6. The molecule has 0 aliphatic rings. The first-order valence-corrected chi connectivity index (χ1v) is 15.9. The van der Waals surface area contributed by atoms with Crippen LogP contribution in [0.5, 0.6) is 0 Å². The van der Waals surface area contributed by atoms with Crippen LogP contribution in [0.4, 0.5) is 0 Å². The summed E-state index contributed by atoms with van der Waals surface area (Å²) in [7, 11) is 3.23. The van der Waals surface area contributed by atoms with Gasteiger partial charge in [0.1, 0.15) is 11.2 Å². The molecule has 0 fully saturated rings. The molecular weight excluding hydrogens is 604 g/mol. The molecular formula is C38H42N6O4. The van der Waals surface area contributed by atoms with Gasteiger partial charge in [0.2, 0.25) is 0 Å². The molecule has 2 atom stereocenters. The third-order valence-corrected chi connectivity index (χ3v) is 8.99. The first-order valence-electron chi connectivity index (χ1n) is 15.9. The van der Waals surface area contributed by atoms with E-state index in [1.807, 2.05) is 88.4 Å². The van der Waals surface area contributed by atoms with Gasteiger partial charge in [0.15, 0.2) is 0 Å². The van der Waals surface area contributed by atoms with E-state index >= 15 is 0 Å². The Balaban J connectivity index is 0.000000188. The Kier molecular flexibility index (Phi) is 9.79. The first-order chi connectivity index (χ1) is 22.9. The average molecular weight is 647 g/mol. The SMILES string of the molecule is CNC(=O)c1ccc2cc(C(O)(c3c[nH]cn3)C(C)C)ccc2c1.CNC(=O)c1ccc2cc(C(O)(c3c[nH]cn3)C(C)C)ccc2c1. The van der Waals surface area contributed by atoms with Crippen LogP contribution in [0.1, 0.15) is 70.9 Å². The Bertz CT molecular complexity index is 1890. The third-order valence-electron chi connectivity index (χ3n) is 8.99. The van der Waals surface area contributed by atoms with Gasteiger partial charge in [-0.25, -0.2) is 9.97 Å². The maximum absolute atomic E-state index is 11.8. The Labute approximate surface area is 279 Å². The lowest BCUT2D eigenvalue weighted by Gasteiger charge is -2.31. The zero-order chi connectivity index (χ0) is 34.6. The van der Waals surface area contributed by atoms with Crippen LogP contribution in [-0.2, 0) is 11.2 Å². The van der Waals surface area contributed by atoms with E-state index in [9.17, 15) is 19.8 Å². The molecule has 0 bridgehead atoms. The van der Waals surface area contributed by atoms with Crippen LogP contribution >= 0.6 is 0 Å². The second kappa shape index (κ2) is 13.8. The van der Waals surface area contributed by atoms with E-state index in [-0.39, 0.29) is 23.7 Å².